The number of carbonyl (C=O) groups excluding carboxylic acids is 1. The molecule has 1 aromatic carbocycles. The Kier molecular flexibility index (Phi) is 4.74. The zero-order valence-corrected chi connectivity index (χ0v) is 13.0. The summed E-state index contributed by atoms with van der Waals surface area (Å²) in [6.07, 6.45) is 0. The number of rotatable bonds is 4. The van der Waals surface area contributed by atoms with Crippen LogP contribution in [-0.4, -0.2) is 5.91 Å². The van der Waals surface area contributed by atoms with Crippen molar-refractivity contribution < 1.29 is 13.9 Å². The number of hydrogen-bond donors (Lipinski definition) is 2. The van der Waals surface area contributed by atoms with Gasteiger partial charge in [0, 0.05) is 21.0 Å². The molecule has 7 heteroatoms. The summed E-state index contributed by atoms with van der Waals surface area (Å²) in [5, 5.41) is 0. The van der Waals surface area contributed by atoms with Crippen LogP contribution in [0.3, 0.4) is 0 Å². The van der Waals surface area contributed by atoms with E-state index in [2.05, 4.69) is 21.4 Å². The average molecular weight is 359 g/mol. The van der Waals surface area contributed by atoms with Crippen molar-refractivity contribution in [3.8, 4) is 5.75 Å². The smallest absolute Gasteiger partial charge is 0.275 e. The first kappa shape index (κ1) is 15.0. The molecule has 1 heterocycles. The molecule has 0 fully saturated rings. The van der Waals surface area contributed by atoms with Gasteiger partial charge in [-0.3, -0.25) is 10.2 Å². The summed E-state index contributed by atoms with van der Waals surface area (Å²) in [7, 11) is 0. The number of thiophene rings is 1. The Hall–Kier alpha value is -1.44. The lowest BCUT2D eigenvalue weighted by Gasteiger charge is -2.06. The lowest BCUT2D eigenvalue weighted by molar-refractivity contribution is 0.0957. The first-order chi connectivity index (χ1) is 9.49. The van der Waals surface area contributed by atoms with Gasteiger partial charge in [0.25, 0.3) is 5.91 Å². The van der Waals surface area contributed by atoms with Gasteiger partial charge in [-0.05, 0) is 25.1 Å². The van der Waals surface area contributed by atoms with Gasteiger partial charge in [0.2, 0.25) is 0 Å². The lowest BCUT2D eigenvalue weighted by atomic mass is 10.2. The van der Waals surface area contributed by atoms with E-state index in [4.69, 9.17) is 10.6 Å². The Morgan fingerprint density at radius 2 is 2.20 bits per heavy atom. The van der Waals surface area contributed by atoms with Crippen LogP contribution in [0.5, 0.6) is 5.75 Å². The highest BCUT2D eigenvalue weighted by Crippen LogP contribution is 2.25. The maximum absolute atomic E-state index is 13.2. The first-order valence-corrected chi connectivity index (χ1v) is 7.29. The molecule has 3 N–H and O–H groups in total. The molecule has 0 atom stereocenters. The van der Waals surface area contributed by atoms with Gasteiger partial charge in [0.15, 0.2) is 0 Å². The van der Waals surface area contributed by atoms with E-state index in [1.807, 2.05) is 6.92 Å². The minimum Gasteiger partial charge on any atom is -0.489 e. The van der Waals surface area contributed by atoms with E-state index in [9.17, 15) is 9.18 Å². The van der Waals surface area contributed by atoms with Crippen molar-refractivity contribution in [3.05, 3.63) is 49.9 Å². The molecule has 20 heavy (non-hydrogen) atoms. The van der Waals surface area contributed by atoms with Gasteiger partial charge in [-0.25, -0.2) is 10.2 Å². The summed E-state index contributed by atoms with van der Waals surface area (Å²) >= 11 is 4.53. The number of benzene rings is 1. The van der Waals surface area contributed by atoms with Crippen molar-refractivity contribution >= 4 is 33.2 Å². The number of nitrogens with one attached hydrogen (secondary N) is 1. The number of nitrogens with two attached hydrogens (primary N) is 1. The molecule has 1 aromatic heterocycles. The van der Waals surface area contributed by atoms with Gasteiger partial charge < -0.3 is 4.74 Å². The van der Waals surface area contributed by atoms with E-state index >= 15 is 0 Å². The van der Waals surface area contributed by atoms with Crippen LogP contribution in [0.2, 0.25) is 0 Å². The zero-order chi connectivity index (χ0) is 14.7. The maximum atomic E-state index is 13.2. The van der Waals surface area contributed by atoms with Gasteiger partial charge in [-0.15, -0.1) is 11.3 Å². The highest BCUT2D eigenvalue weighted by atomic mass is 79.9. The second-order valence-electron chi connectivity index (χ2n) is 4.06. The first-order valence-electron chi connectivity index (χ1n) is 5.68. The normalized spacial score (nSPS) is 10.4. The summed E-state index contributed by atoms with van der Waals surface area (Å²) in [5.41, 5.74) is 2.95. The third kappa shape index (κ3) is 3.56. The SMILES string of the molecule is Cc1sc(C(=O)NN)cc1COc1cc(F)cc(Br)c1. The number of halogens is 2. The van der Waals surface area contributed by atoms with E-state index in [1.54, 1.807) is 12.1 Å². The number of aryl methyl sites for hydroxylation is 1. The molecule has 0 saturated heterocycles. The predicted molar refractivity (Wildman–Crippen MR) is 79.1 cm³/mol. The molecule has 0 saturated carbocycles. The fourth-order valence-corrected chi connectivity index (χ4v) is 3.00. The third-order valence-electron chi connectivity index (χ3n) is 2.61. The number of hydrogen-bond acceptors (Lipinski definition) is 4. The van der Waals surface area contributed by atoms with E-state index in [0.29, 0.717) is 15.1 Å². The van der Waals surface area contributed by atoms with Crippen molar-refractivity contribution in [2.24, 2.45) is 5.84 Å². The van der Waals surface area contributed by atoms with Crippen LogP contribution in [0.1, 0.15) is 20.1 Å². The van der Waals surface area contributed by atoms with Crippen LogP contribution in [0, 0.1) is 12.7 Å². The molecular weight excluding hydrogens is 347 g/mol. The van der Waals surface area contributed by atoms with Crippen LogP contribution < -0.4 is 16.0 Å². The second-order valence-corrected chi connectivity index (χ2v) is 6.23. The Morgan fingerprint density at radius 3 is 2.85 bits per heavy atom. The number of ether oxygens (including phenoxy) is 1. The largest absolute Gasteiger partial charge is 0.489 e. The van der Waals surface area contributed by atoms with Crippen LogP contribution in [0.15, 0.2) is 28.7 Å². The molecule has 106 valence electrons. The van der Waals surface area contributed by atoms with Gasteiger partial charge in [0.1, 0.15) is 18.2 Å². The molecule has 0 bridgehead atoms. The van der Waals surface area contributed by atoms with Crippen LogP contribution >= 0.6 is 27.3 Å². The molecule has 0 aliphatic carbocycles. The van der Waals surface area contributed by atoms with Crippen LogP contribution in [-0.2, 0) is 6.61 Å². The van der Waals surface area contributed by atoms with Crippen LogP contribution in [0.25, 0.3) is 0 Å². The van der Waals surface area contributed by atoms with Crippen molar-refractivity contribution in [2.45, 2.75) is 13.5 Å². The molecule has 0 spiro atoms. The van der Waals surface area contributed by atoms with Crippen molar-refractivity contribution in [1.82, 2.24) is 5.43 Å². The van der Waals surface area contributed by atoms with Crippen molar-refractivity contribution in [3.63, 3.8) is 0 Å². The minimum absolute atomic E-state index is 0.260. The molecule has 2 aromatic rings. The fraction of sp³-hybridized carbons (Fsp3) is 0.154. The third-order valence-corrected chi connectivity index (χ3v) is 4.16. The van der Waals surface area contributed by atoms with Gasteiger partial charge >= 0.3 is 0 Å². The number of amides is 1. The number of nitrogen functional groups attached to an aromatic ring is 1. The molecule has 4 nitrogen and oxygen atoms in total. The monoisotopic (exact) mass is 358 g/mol. The lowest BCUT2D eigenvalue weighted by Crippen LogP contribution is -2.29. The van der Waals surface area contributed by atoms with E-state index in [1.165, 1.54) is 23.5 Å². The molecule has 0 radical (unpaired) electrons. The Labute approximate surface area is 127 Å². The molecule has 0 aliphatic heterocycles. The molecule has 0 unspecified atom stereocenters. The summed E-state index contributed by atoms with van der Waals surface area (Å²) < 4.78 is 19.4. The van der Waals surface area contributed by atoms with E-state index in [-0.39, 0.29) is 18.3 Å². The second kappa shape index (κ2) is 6.34. The minimum atomic E-state index is -0.375. The quantitative estimate of drug-likeness (QED) is 0.501. The summed E-state index contributed by atoms with van der Waals surface area (Å²) in [5.74, 6) is 4.80. The summed E-state index contributed by atoms with van der Waals surface area (Å²) in [6.45, 7) is 2.15. The van der Waals surface area contributed by atoms with Crippen molar-refractivity contribution in [2.75, 3.05) is 0 Å². The van der Waals surface area contributed by atoms with E-state index in [0.717, 1.165) is 10.4 Å². The van der Waals surface area contributed by atoms with Crippen LogP contribution in [0.4, 0.5) is 4.39 Å². The van der Waals surface area contributed by atoms with E-state index < -0.39 is 0 Å². The molecule has 2 rings (SSSR count). The van der Waals surface area contributed by atoms with Gasteiger partial charge in [-0.1, -0.05) is 15.9 Å². The maximum Gasteiger partial charge on any atom is 0.275 e. The Balaban J connectivity index is 2.10. The Bertz CT molecular complexity index is 625. The fourth-order valence-electron chi connectivity index (χ4n) is 1.62. The number of hydrazine groups is 1. The topological polar surface area (TPSA) is 64.4 Å². The molecule has 1 amide bonds. The average Bonchev–Trinajstić information content (AvgIpc) is 2.76. The standard InChI is InChI=1S/C13H12BrFN2O2S/c1-7-8(2-12(20-7)13(18)17-16)6-19-11-4-9(14)3-10(15)5-11/h2-5H,6,16H2,1H3,(H,17,18). The predicted octanol–water partition coefficient (Wildman–Crippen LogP) is 3.14. The van der Waals surface area contributed by atoms with Gasteiger partial charge in [-0.2, -0.15) is 0 Å². The van der Waals surface area contributed by atoms with Crippen molar-refractivity contribution in [1.29, 1.82) is 0 Å². The highest BCUT2D eigenvalue weighted by Gasteiger charge is 2.12. The highest BCUT2D eigenvalue weighted by molar-refractivity contribution is 9.10. The number of carbonyl (C=O) groups is 1. The zero-order valence-electron chi connectivity index (χ0n) is 10.6. The summed E-state index contributed by atoms with van der Waals surface area (Å²) in [4.78, 5) is 12.9. The Morgan fingerprint density at radius 1 is 1.45 bits per heavy atom. The summed E-state index contributed by atoms with van der Waals surface area (Å²) in [6, 6.07) is 6.06. The van der Waals surface area contributed by atoms with Gasteiger partial charge in [0.05, 0.1) is 4.88 Å². The molecular formula is C13H12BrFN2O2S. The molecule has 0 aliphatic rings.